The molecule has 1 aromatic carbocycles. The Hall–Kier alpha value is -2.22. The lowest BCUT2D eigenvalue weighted by Crippen LogP contribution is -2.07. The zero-order valence-corrected chi connectivity index (χ0v) is 14.4. The number of aliphatic hydroxyl groups excluding tert-OH is 1. The summed E-state index contributed by atoms with van der Waals surface area (Å²) in [7, 11) is 5.76. The van der Waals surface area contributed by atoms with Gasteiger partial charge in [-0.1, -0.05) is 11.8 Å². The lowest BCUT2D eigenvalue weighted by Gasteiger charge is -2.12. The summed E-state index contributed by atoms with van der Waals surface area (Å²) in [5.74, 6) is 8.01. The van der Waals surface area contributed by atoms with E-state index in [0.29, 0.717) is 6.42 Å². The Kier molecular flexibility index (Phi) is 4.94. The fourth-order valence-electron chi connectivity index (χ4n) is 3.10. The van der Waals surface area contributed by atoms with E-state index in [0.717, 1.165) is 46.7 Å². The van der Waals surface area contributed by atoms with Gasteiger partial charge in [0, 0.05) is 50.9 Å². The number of furan rings is 1. The Labute approximate surface area is 143 Å². The van der Waals surface area contributed by atoms with Crippen LogP contribution in [-0.2, 0) is 11.2 Å². The van der Waals surface area contributed by atoms with Crippen LogP contribution < -0.4 is 4.90 Å². The number of rotatable bonds is 4. The van der Waals surface area contributed by atoms with E-state index in [4.69, 9.17) is 14.3 Å². The Bertz CT molecular complexity index is 763. The monoisotopic (exact) mass is 325 g/mol. The predicted molar refractivity (Wildman–Crippen MR) is 95.1 cm³/mol. The summed E-state index contributed by atoms with van der Waals surface area (Å²) in [4.78, 5) is 2.06. The average Bonchev–Trinajstić information content (AvgIpc) is 3.15. The molecule has 0 spiro atoms. The van der Waals surface area contributed by atoms with E-state index < -0.39 is 0 Å². The minimum Gasteiger partial charge on any atom is -0.459 e. The fourth-order valence-corrected chi connectivity index (χ4v) is 3.10. The van der Waals surface area contributed by atoms with Crippen molar-refractivity contribution in [1.29, 1.82) is 0 Å². The first-order valence-electron chi connectivity index (χ1n) is 8.21. The van der Waals surface area contributed by atoms with Crippen LogP contribution >= 0.6 is 0 Å². The van der Waals surface area contributed by atoms with Gasteiger partial charge in [0.25, 0.3) is 0 Å². The third-order valence-electron chi connectivity index (χ3n) is 4.36. The van der Waals surface area contributed by atoms with Crippen molar-refractivity contribution in [1.82, 2.24) is 0 Å². The van der Waals surface area contributed by atoms with Crippen LogP contribution in [0.2, 0.25) is 0 Å². The molecular weight excluding hydrogens is 302 g/mol. The van der Waals surface area contributed by atoms with Gasteiger partial charge in [-0.25, -0.2) is 0 Å². The molecule has 4 heteroatoms. The van der Waals surface area contributed by atoms with Crippen molar-refractivity contribution in [3.63, 3.8) is 0 Å². The summed E-state index contributed by atoms with van der Waals surface area (Å²) >= 11 is 0. The lowest BCUT2D eigenvalue weighted by molar-refractivity contribution is 0.105. The number of hydrogen-bond acceptors (Lipinski definition) is 4. The summed E-state index contributed by atoms with van der Waals surface area (Å²) in [5.41, 5.74) is 4.13. The molecule has 0 fully saturated rings. The van der Waals surface area contributed by atoms with Crippen molar-refractivity contribution in [2.75, 3.05) is 32.7 Å². The van der Waals surface area contributed by atoms with Gasteiger partial charge in [0.05, 0.1) is 18.3 Å². The normalized spacial score (nSPS) is 15.8. The van der Waals surface area contributed by atoms with Crippen LogP contribution in [-0.4, -0.2) is 32.9 Å². The second-order valence-electron chi connectivity index (χ2n) is 6.12. The maximum absolute atomic E-state index is 9.00. The summed E-state index contributed by atoms with van der Waals surface area (Å²) in [6.45, 7) is 0.0631. The Morgan fingerprint density at radius 2 is 2.04 bits per heavy atom. The van der Waals surface area contributed by atoms with E-state index in [2.05, 4.69) is 41.0 Å². The van der Waals surface area contributed by atoms with E-state index in [1.54, 1.807) is 7.11 Å². The number of methoxy groups -OCH3 is 1. The SMILES string of the molecule is COC1CCc2oc(-c3ccc(N(C)C)cc3)c(C#CCCO)c21. The zero-order valence-electron chi connectivity index (χ0n) is 14.4. The molecule has 1 aliphatic carbocycles. The molecule has 1 aliphatic rings. The highest BCUT2D eigenvalue weighted by Crippen LogP contribution is 2.42. The number of hydrogen-bond donors (Lipinski definition) is 1. The molecule has 4 nitrogen and oxygen atoms in total. The number of nitrogens with zero attached hydrogens (tertiary/aromatic N) is 1. The third kappa shape index (κ3) is 3.06. The van der Waals surface area contributed by atoms with Gasteiger partial charge in [0.15, 0.2) is 0 Å². The molecule has 0 radical (unpaired) electrons. The van der Waals surface area contributed by atoms with Gasteiger partial charge < -0.3 is 19.2 Å². The van der Waals surface area contributed by atoms with Crippen LogP contribution in [0.3, 0.4) is 0 Å². The fraction of sp³-hybridized carbons (Fsp3) is 0.400. The summed E-state index contributed by atoms with van der Waals surface area (Å²) in [6.07, 6.45) is 2.30. The van der Waals surface area contributed by atoms with Gasteiger partial charge in [0.1, 0.15) is 11.5 Å². The third-order valence-corrected chi connectivity index (χ3v) is 4.36. The standard InChI is InChI=1S/C20H23NO3/c1-21(2)15-9-7-14(8-10-15)20-16(6-4-5-13-22)19-17(23-3)11-12-18(19)24-20/h7-10,17,22H,5,11-13H2,1-3H3. The molecule has 0 saturated carbocycles. The molecular formula is C20H23NO3. The van der Waals surface area contributed by atoms with Gasteiger partial charge >= 0.3 is 0 Å². The summed E-state index contributed by atoms with van der Waals surface area (Å²) in [5, 5.41) is 9.00. The molecule has 2 aromatic rings. The first kappa shape index (κ1) is 16.6. The molecule has 0 aliphatic heterocycles. The molecule has 1 atom stereocenters. The van der Waals surface area contributed by atoms with Crippen LogP contribution in [0.5, 0.6) is 0 Å². The van der Waals surface area contributed by atoms with Crippen LogP contribution in [0, 0.1) is 11.8 Å². The number of benzene rings is 1. The molecule has 1 aromatic heterocycles. The maximum Gasteiger partial charge on any atom is 0.150 e. The summed E-state index contributed by atoms with van der Waals surface area (Å²) < 4.78 is 11.7. The Morgan fingerprint density at radius 3 is 2.67 bits per heavy atom. The predicted octanol–water partition coefficient (Wildman–Crippen LogP) is 3.38. The second kappa shape index (κ2) is 7.12. The highest BCUT2D eigenvalue weighted by molar-refractivity contribution is 5.71. The summed E-state index contributed by atoms with van der Waals surface area (Å²) in [6, 6.07) is 8.26. The highest BCUT2D eigenvalue weighted by atomic mass is 16.5. The van der Waals surface area contributed by atoms with E-state index in [-0.39, 0.29) is 12.7 Å². The Morgan fingerprint density at radius 1 is 1.29 bits per heavy atom. The molecule has 0 saturated heterocycles. The smallest absolute Gasteiger partial charge is 0.150 e. The van der Waals surface area contributed by atoms with E-state index in [1.807, 2.05) is 14.1 Å². The minimum absolute atomic E-state index is 0.0389. The lowest BCUT2D eigenvalue weighted by atomic mass is 10.0. The number of anilines is 1. The number of ether oxygens (including phenoxy) is 1. The van der Waals surface area contributed by atoms with Crippen molar-refractivity contribution < 1.29 is 14.3 Å². The number of aryl methyl sites for hydroxylation is 1. The van der Waals surface area contributed by atoms with Crippen molar-refractivity contribution in [3.8, 4) is 23.2 Å². The van der Waals surface area contributed by atoms with Gasteiger partial charge in [-0.05, 0) is 30.7 Å². The first-order valence-corrected chi connectivity index (χ1v) is 8.21. The first-order chi connectivity index (χ1) is 11.7. The Balaban J connectivity index is 2.06. The minimum atomic E-state index is 0.0389. The van der Waals surface area contributed by atoms with Crippen LogP contribution in [0.4, 0.5) is 5.69 Å². The molecule has 1 N–H and O–H groups in total. The molecule has 3 rings (SSSR count). The quantitative estimate of drug-likeness (QED) is 0.876. The molecule has 126 valence electrons. The molecule has 0 amide bonds. The average molecular weight is 325 g/mol. The molecule has 1 heterocycles. The van der Waals surface area contributed by atoms with Crippen molar-refractivity contribution in [2.45, 2.75) is 25.4 Å². The van der Waals surface area contributed by atoms with Crippen LogP contribution in [0.25, 0.3) is 11.3 Å². The number of fused-ring (bicyclic) bond motifs is 1. The topological polar surface area (TPSA) is 45.8 Å². The molecule has 1 unspecified atom stereocenters. The zero-order chi connectivity index (χ0) is 17.1. The van der Waals surface area contributed by atoms with Gasteiger partial charge in [0.2, 0.25) is 0 Å². The van der Waals surface area contributed by atoms with E-state index in [1.165, 1.54) is 0 Å². The van der Waals surface area contributed by atoms with Crippen molar-refractivity contribution in [3.05, 3.63) is 41.2 Å². The van der Waals surface area contributed by atoms with E-state index >= 15 is 0 Å². The largest absolute Gasteiger partial charge is 0.459 e. The van der Waals surface area contributed by atoms with Crippen LogP contribution in [0.15, 0.2) is 28.7 Å². The second-order valence-corrected chi connectivity index (χ2v) is 6.12. The van der Waals surface area contributed by atoms with Gasteiger partial charge in [-0.2, -0.15) is 0 Å². The molecule has 0 bridgehead atoms. The molecule has 24 heavy (non-hydrogen) atoms. The van der Waals surface area contributed by atoms with Gasteiger partial charge in [-0.15, -0.1) is 0 Å². The van der Waals surface area contributed by atoms with Crippen LogP contribution in [0.1, 0.15) is 35.8 Å². The van der Waals surface area contributed by atoms with Crippen molar-refractivity contribution >= 4 is 5.69 Å². The number of aliphatic hydroxyl groups is 1. The van der Waals surface area contributed by atoms with Gasteiger partial charge in [-0.3, -0.25) is 0 Å². The van der Waals surface area contributed by atoms with Crippen molar-refractivity contribution in [2.24, 2.45) is 0 Å². The van der Waals surface area contributed by atoms with E-state index in [9.17, 15) is 0 Å². The highest BCUT2D eigenvalue weighted by Gasteiger charge is 2.31. The maximum atomic E-state index is 9.00.